The lowest BCUT2D eigenvalue weighted by Crippen LogP contribution is -2.19. The van der Waals surface area contributed by atoms with Crippen LogP contribution in [0.3, 0.4) is 0 Å². The lowest BCUT2D eigenvalue weighted by molar-refractivity contribution is 0.411. The molecule has 0 fully saturated rings. The molecular formula is C17H29NOS. The average molecular weight is 295 g/mol. The van der Waals surface area contributed by atoms with E-state index in [0.29, 0.717) is 6.04 Å². The Balaban J connectivity index is 2.69. The Morgan fingerprint density at radius 1 is 1.25 bits per heavy atom. The molecule has 2 nitrogen and oxygen atoms in total. The van der Waals surface area contributed by atoms with Crippen LogP contribution in [-0.2, 0) is 5.75 Å². The van der Waals surface area contributed by atoms with Crippen LogP contribution >= 0.6 is 11.8 Å². The van der Waals surface area contributed by atoms with Crippen LogP contribution in [0.5, 0.6) is 5.75 Å². The van der Waals surface area contributed by atoms with Crippen LogP contribution in [0.4, 0.5) is 0 Å². The zero-order chi connectivity index (χ0) is 14.8. The number of nitrogens with one attached hydrogen (secondary N) is 1. The van der Waals surface area contributed by atoms with Crippen molar-refractivity contribution in [1.29, 1.82) is 0 Å². The summed E-state index contributed by atoms with van der Waals surface area (Å²) in [4.78, 5) is 0. The van der Waals surface area contributed by atoms with Crippen molar-refractivity contribution in [1.82, 2.24) is 5.32 Å². The molecule has 0 radical (unpaired) electrons. The van der Waals surface area contributed by atoms with Gasteiger partial charge >= 0.3 is 0 Å². The first-order valence-corrected chi connectivity index (χ1v) is 8.86. The molecule has 1 N–H and O–H groups in total. The van der Waals surface area contributed by atoms with Crippen molar-refractivity contribution in [2.24, 2.45) is 0 Å². The molecule has 0 heterocycles. The molecule has 1 atom stereocenters. The molecule has 1 rings (SSSR count). The molecule has 3 heteroatoms. The number of ether oxygens (including phenoxy) is 1. The minimum atomic E-state index is 0.403. The first-order valence-electron chi connectivity index (χ1n) is 7.70. The van der Waals surface area contributed by atoms with Crippen LogP contribution in [0.1, 0.15) is 57.2 Å². The van der Waals surface area contributed by atoms with E-state index in [1.54, 1.807) is 7.11 Å². The summed E-state index contributed by atoms with van der Waals surface area (Å²) in [5, 5.41) is 3.54. The van der Waals surface area contributed by atoms with Crippen LogP contribution in [0.2, 0.25) is 0 Å². The van der Waals surface area contributed by atoms with Gasteiger partial charge in [-0.25, -0.2) is 0 Å². The predicted octanol–water partition coefficient (Wildman–Crippen LogP) is 4.79. The van der Waals surface area contributed by atoms with E-state index in [2.05, 4.69) is 44.3 Å². The summed E-state index contributed by atoms with van der Waals surface area (Å²) < 4.78 is 5.48. The molecule has 1 aromatic carbocycles. The van der Waals surface area contributed by atoms with Crippen molar-refractivity contribution in [2.75, 3.05) is 19.4 Å². The zero-order valence-corrected chi connectivity index (χ0v) is 14.2. The number of methoxy groups -OCH3 is 1. The fourth-order valence-electron chi connectivity index (χ4n) is 2.09. The zero-order valence-electron chi connectivity index (χ0n) is 13.4. The Kier molecular flexibility index (Phi) is 8.79. The smallest absolute Gasteiger partial charge is 0.122 e. The fourth-order valence-corrected chi connectivity index (χ4v) is 3.17. The molecule has 1 unspecified atom stereocenters. The summed E-state index contributed by atoms with van der Waals surface area (Å²) in [5.41, 5.74) is 2.67. The summed E-state index contributed by atoms with van der Waals surface area (Å²) in [6.07, 6.45) is 3.73. The van der Waals surface area contributed by atoms with E-state index in [1.807, 2.05) is 11.8 Å². The highest BCUT2D eigenvalue weighted by Crippen LogP contribution is 2.27. The third-order valence-corrected chi connectivity index (χ3v) is 4.50. The van der Waals surface area contributed by atoms with Crippen molar-refractivity contribution in [3.8, 4) is 5.75 Å². The Morgan fingerprint density at radius 2 is 2.05 bits per heavy atom. The van der Waals surface area contributed by atoms with Gasteiger partial charge in [0.25, 0.3) is 0 Å². The minimum absolute atomic E-state index is 0.403. The van der Waals surface area contributed by atoms with Crippen LogP contribution in [0.25, 0.3) is 0 Å². The summed E-state index contributed by atoms with van der Waals surface area (Å²) >= 11 is 2.00. The molecule has 0 aliphatic carbocycles. The van der Waals surface area contributed by atoms with Gasteiger partial charge in [0.05, 0.1) is 7.11 Å². The van der Waals surface area contributed by atoms with Crippen LogP contribution in [0.15, 0.2) is 18.2 Å². The van der Waals surface area contributed by atoms with Crippen LogP contribution in [0, 0.1) is 0 Å². The Bertz CT molecular complexity index is 381. The molecule has 0 saturated heterocycles. The minimum Gasteiger partial charge on any atom is -0.496 e. The van der Waals surface area contributed by atoms with E-state index in [0.717, 1.165) is 18.0 Å². The predicted molar refractivity (Wildman–Crippen MR) is 90.8 cm³/mol. The molecule has 0 bridgehead atoms. The second kappa shape index (κ2) is 10.1. The average Bonchev–Trinajstić information content (AvgIpc) is 2.49. The summed E-state index contributed by atoms with van der Waals surface area (Å²) in [5.74, 6) is 3.28. The van der Waals surface area contributed by atoms with Gasteiger partial charge in [0.1, 0.15) is 5.75 Å². The number of thioether (sulfide) groups is 1. The Labute approximate surface area is 128 Å². The number of hydrogen-bond acceptors (Lipinski definition) is 3. The number of hydrogen-bond donors (Lipinski definition) is 1. The van der Waals surface area contributed by atoms with Gasteiger partial charge in [0, 0.05) is 17.4 Å². The molecule has 0 amide bonds. The van der Waals surface area contributed by atoms with E-state index in [1.165, 1.54) is 36.1 Å². The normalized spacial score (nSPS) is 12.4. The lowest BCUT2D eigenvalue weighted by atomic mass is 10.0. The molecule has 0 aliphatic heterocycles. The molecule has 0 spiro atoms. The molecule has 1 aromatic rings. The molecular weight excluding hydrogens is 266 g/mol. The van der Waals surface area contributed by atoms with Crippen LogP contribution < -0.4 is 10.1 Å². The molecule has 0 saturated carbocycles. The number of benzene rings is 1. The van der Waals surface area contributed by atoms with Gasteiger partial charge in [-0.05, 0) is 49.8 Å². The van der Waals surface area contributed by atoms with Crippen molar-refractivity contribution >= 4 is 11.8 Å². The SMILES string of the molecule is CCCCSCc1cc(C(C)NCCC)ccc1OC. The monoisotopic (exact) mass is 295 g/mol. The maximum absolute atomic E-state index is 5.48. The summed E-state index contributed by atoms with van der Waals surface area (Å²) in [6, 6.07) is 6.98. The van der Waals surface area contributed by atoms with Crippen molar-refractivity contribution in [2.45, 2.75) is 51.8 Å². The molecule has 114 valence electrons. The van der Waals surface area contributed by atoms with E-state index < -0.39 is 0 Å². The van der Waals surface area contributed by atoms with Gasteiger partial charge in [-0.3, -0.25) is 0 Å². The number of unbranched alkanes of at least 4 members (excludes halogenated alkanes) is 1. The van der Waals surface area contributed by atoms with Gasteiger partial charge < -0.3 is 10.1 Å². The van der Waals surface area contributed by atoms with Gasteiger partial charge in [-0.15, -0.1) is 0 Å². The summed E-state index contributed by atoms with van der Waals surface area (Å²) in [7, 11) is 1.76. The third kappa shape index (κ3) is 5.76. The largest absolute Gasteiger partial charge is 0.496 e. The molecule has 0 aliphatic rings. The fraction of sp³-hybridized carbons (Fsp3) is 0.647. The van der Waals surface area contributed by atoms with Crippen molar-refractivity contribution < 1.29 is 4.74 Å². The highest BCUT2D eigenvalue weighted by Gasteiger charge is 2.09. The lowest BCUT2D eigenvalue weighted by Gasteiger charge is -2.16. The van der Waals surface area contributed by atoms with Crippen molar-refractivity contribution in [3.63, 3.8) is 0 Å². The number of rotatable bonds is 10. The third-order valence-electron chi connectivity index (χ3n) is 3.40. The van der Waals surface area contributed by atoms with Gasteiger partial charge in [-0.1, -0.05) is 26.3 Å². The Hall–Kier alpha value is -0.670. The second-order valence-electron chi connectivity index (χ2n) is 5.15. The van der Waals surface area contributed by atoms with E-state index in [4.69, 9.17) is 4.74 Å². The van der Waals surface area contributed by atoms with Gasteiger partial charge in [0.2, 0.25) is 0 Å². The molecule has 0 aromatic heterocycles. The molecule has 20 heavy (non-hydrogen) atoms. The summed E-state index contributed by atoms with van der Waals surface area (Å²) in [6.45, 7) is 7.73. The standard InChI is InChI=1S/C17H29NOS/c1-5-7-11-20-13-16-12-15(8-9-17(16)19-4)14(3)18-10-6-2/h8-9,12,14,18H,5-7,10-11,13H2,1-4H3. The van der Waals surface area contributed by atoms with E-state index in [9.17, 15) is 0 Å². The van der Waals surface area contributed by atoms with Crippen molar-refractivity contribution in [3.05, 3.63) is 29.3 Å². The maximum Gasteiger partial charge on any atom is 0.122 e. The van der Waals surface area contributed by atoms with Gasteiger partial charge in [-0.2, -0.15) is 11.8 Å². The highest BCUT2D eigenvalue weighted by atomic mass is 32.2. The maximum atomic E-state index is 5.48. The highest BCUT2D eigenvalue weighted by molar-refractivity contribution is 7.98. The first kappa shape index (κ1) is 17.4. The topological polar surface area (TPSA) is 21.3 Å². The second-order valence-corrected chi connectivity index (χ2v) is 6.26. The quantitative estimate of drug-likeness (QED) is 0.627. The first-order chi connectivity index (χ1) is 9.72. The van der Waals surface area contributed by atoms with E-state index >= 15 is 0 Å². The van der Waals surface area contributed by atoms with Gasteiger partial charge in [0.15, 0.2) is 0 Å². The van der Waals surface area contributed by atoms with E-state index in [-0.39, 0.29) is 0 Å². The van der Waals surface area contributed by atoms with Crippen LogP contribution in [-0.4, -0.2) is 19.4 Å². The Morgan fingerprint density at radius 3 is 2.70 bits per heavy atom.